The topological polar surface area (TPSA) is 98.9 Å². The monoisotopic (exact) mass is 620 g/mol. The van der Waals surface area contributed by atoms with E-state index in [1.165, 1.54) is 34.5 Å². The molecular weight excluding hydrogens is 590 g/mol. The van der Waals surface area contributed by atoms with Crippen molar-refractivity contribution >= 4 is 23.3 Å². The van der Waals surface area contributed by atoms with Gasteiger partial charge in [0.05, 0.1) is 5.69 Å². The third kappa shape index (κ3) is 9.29. The number of alkyl halides is 6. The van der Waals surface area contributed by atoms with Gasteiger partial charge in [-0.15, -0.1) is 11.3 Å². The molecule has 1 spiro atoms. The van der Waals surface area contributed by atoms with Crippen molar-refractivity contribution in [2.75, 3.05) is 19.6 Å². The number of likely N-dealkylation sites (tertiary alicyclic amines) is 1. The Morgan fingerprint density at radius 2 is 1.48 bits per heavy atom. The minimum absolute atomic E-state index is 0.208. The minimum atomic E-state index is -5.08. The van der Waals surface area contributed by atoms with E-state index in [9.17, 15) is 26.3 Å². The van der Waals surface area contributed by atoms with Crippen LogP contribution in [0.25, 0.3) is 0 Å². The first-order valence-corrected chi connectivity index (χ1v) is 13.6. The quantitative estimate of drug-likeness (QED) is 0.382. The Hall–Kier alpha value is -3.43. The van der Waals surface area contributed by atoms with E-state index in [-0.39, 0.29) is 5.41 Å². The molecule has 0 radical (unpaired) electrons. The summed E-state index contributed by atoms with van der Waals surface area (Å²) in [6.07, 6.45) is -5.52. The first-order valence-electron chi connectivity index (χ1n) is 12.7. The fraction of sp³-hybridized carbons (Fsp3) is 0.444. The lowest BCUT2D eigenvalue weighted by atomic mass is 9.72. The van der Waals surface area contributed by atoms with Gasteiger partial charge < -0.3 is 10.2 Å². The van der Waals surface area contributed by atoms with E-state index in [0.717, 1.165) is 39.3 Å². The number of aliphatic carboxylic acids is 2. The molecule has 0 atom stereocenters. The van der Waals surface area contributed by atoms with E-state index in [1.807, 2.05) is 16.0 Å². The molecule has 5 rings (SSSR count). The first-order chi connectivity index (χ1) is 19.6. The Morgan fingerprint density at radius 1 is 0.905 bits per heavy atom. The maximum Gasteiger partial charge on any atom is 0.490 e. The zero-order valence-corrected chi connectivity index (χ0v) is 23.3. The van der Waals surface area contributed by atoms with Crippen LogP contribution >= 0.6 is 11.3 Å². The van der Waals surface area contributed by atoms with Crippen LogP contribution in [0.5, 0.6) is 0 Å². The molecule has 8 nitrogen and oxygen atoms in total. The fourth-order valence-corrected chi connectivity index (χ4v) is 5.76. The van der Waals surface area contributed by atoms with Gasteiger partial charge in [0.2, 0.25) is 0 Å². The lowest BCUT2D eigenvalue weighted by molar-refractivity contribution is -0.193. The standard InChI is InChI=1S/C23H28N4S.2C2HF3O2/c1-25-15-20-16-27(17-21-8-5-13-28-21)18-23(22(20)24-25)9-11-26(12-10-23)14-19-6-3-2-4-7-19;2*3-2(4,5)1(6)7/h2-8,13,15H,9-12,14,16-18H2,1H3;2*(H,6,7). The lowest BCUT2D eigenvalue weighted by Gasteiger charge is -2.46. The number of thiophene rings is 1. The number of aryl methyl sites for hydroxylation is 1. The predicted molar refractivity (Wildman–Crippen MR) is 142 cm³/mol. The highest BCUT2D eigenvalue weighted by Gasteiger charge is 2.44. The highest BCUT2D eigenvalue weighted by atomic mass is 32.1. The third-order valence-corrected chi connectivity index (χ3v) is 7.69. The van der Waals surface area contributed by atoms with Gasteiger partial charge in [0.15, 0.2) is 0 Å². The zero-order valence-electron chi connectivity index (χ0n) is 22.5. The van der Waals surface area contributed by atoms with Crippen LogP contribution in [-0.4, -0.2) is 73.7 Å². The summed E-state index contributed by atoms with van der Waals surface area (Å²) in [5, 5.41) is 21.4. The molecule has 42 heavy (non-hydrogen) atoms. The second-order valence-corrected chi connectivity index (χ2v) is 11.1. The number of piperidine rings is 1. The molecule has 1 saturated heterocycles. The Labute approximate surface area is 241 Å². The van der Waals surface area contributed by atoms with Crippen LogP contribution in [0.1, 0.15) is 34.5 Å². The number of carboxylic acid groups (broad SMARTS) is 2. The average molecular weight is 621 g/mol. The van der Waals surface area contributed by atoms with Crippen molar-refractivity contribution in [3.8, 4) is 0 Å². The molecule has 2 N–H and O–H groups in total. The zero-order chi connectivity index (χ0) is 31.1. The molecule has 230 valence electrons. The molecule has 1 aromatic carbocycles. The van der Waals surface area contributed by atoms with Crippen molar-refractivity contribution in [1.29, 1.82) is 0 Å². The summed E-state index contributed by atoms with van der Waals surface area (Å²) in [4.78, 5) is 24.5. The van der Waals surface area contributed by atoms with Gasteiger partial charge in [-0.25, -0.2) is 9.59 Å². The van der Waals surface area contributed by atoms with E-state index < -0.39 is 24.3 Å². The maximum absolute atomic E-state index is 10.6. The van der Waals surface area contributed by atoms with Crippen LogP contribution < -0.4 is 0 Å². The number of benzene rings is 1. The number of hydrogen-bond acceptors (Lipinski definition) is 6. The molecule has 2 aliphatic rings. The van der Waals surface area contributed by atoms with Crippen LogP contribution in [0.15, 0.2) is 54.0 Å². The molecule has 0 amide bonds. The number of carbonyl (C=O) groups is 2. The Morgan fingerprint density at radius 3 is 1.98 bits per heavy atom. The molecule has 2 aliphatic heterocycles. The van der Waals surface area contributed by atoms with E-state index in [2.05, 4.69) is 70.9 Å². The summed E-state index contributed by atoms with van der Waals surface area (Å²) in [6.45, 7) is 6.58. The first kappa shape index (κ1) is 33.1. The number of halogens is 6. The van der Waals surface area contributed by atoms with Crippen molar-refractivity contribution in [2.24, 2.45) is 7.05 Å². The SMILES string of the molecule is Cn1cc2c(n1)C1(CCN(Cc3ccccc3)CC1)CN(Cc1cccs1)C2.O=C(O)C(F)(F)F.O=C(O)C(F)(F)F. The molecule has 3 aromatic rings. The van der Waals surface area contributed by atoms with Crippen molar-refractivity contribution in [3.63, 3.8) is 0 Å². The molecule has 15 heteroatoms. The summed E-state index contributed by atoms with van der Waals surface area (Å²) in [5.41, 5.74) is 4.43. The normalized spacial score (nSPS) is 16.9. The highest BCUT2D eigenvalue weighted by Crippen LogP contribution is 2.41. The predicted octanol–water partition coefficient (Wildman–Crippen LogP) is 5.30. The number of aromatic nitrogens is 2. The molecule has 0 aliphatic carbocycles. The smallest absolute Gasteiger partial charge is 0.475 e. The summed E-state index contributed by atoms with van der Waals surface area (Å²) in [6, 6.07) is 15.3. The molecule has 2 aromatic heterocycles. The summed E-state index contributed by atoms with van der Waals surface area (Å²) >= 11 is 1.87. The number of carboxylic acids is 2. The van der Waals surface area contributed by atoms with Gasteiger partial charge in [-0.2, -0.15) is 31.4 Å². The number of hydrogen-bond donors (Lipinski definition) is 2. The number of fused-ring (bicyclic) bond motifs is 2. The second kappa shape index (κ2) is 13.7. The van der Waals surface area contributed by atoms with E-state index in [4.69, 9.17) is 24.9 Å². The summed E-state index contributed by atoms with van der Waals surface area (Å²) in [5.74, 6) is -5.51. The molecule has 0 bridgehead atoms. The van der Waals surface area contributed by atoms with Crippen molar-refractivity contribution in [3.05, 3.63) is 75.7 Å². The van der Waals surface area contributed by atoms with Gasteiger partial charge in [0, 0.05) is 55.3 Å². The molecular formula is C27H30F6N4O4S. The summed E-state index contributed by atoms with van der Waals surface area (Å²) in [7, 11) is 2.07. The van der Waals surface area contributed by atoms with Crippen molar-refractivity contribution in [1.82, 2.24) is 19.6 Å². The van der Waals surface area contributed by atoms with Crippen molar-refractivity contribution in [2.45, 2.75) is 50.2 Å². The van der Waals surface area contributed by atoms with Gasteiger partial charge in [-0.3, -0.25) is 14.5 Å². The highest BCUT2D eigenvalue weighted by molar-refractivity contribution is 7.09. The fourth-order valence-electron chi connectivity index (χ4n) is 5.01. The summed E-state index contributed by atoms with van der Waals surface area (Å²) < 4.78 is 65.5. The van der Waals surface area contributed by atoms with Crippen LogP contribution in [0.2, 0.25) is 0 Å². The number of nitrogens with zero attached hydrogens (tertiary/aromatic N) is 4. The molecule has 4 heterocycles. The Kier molecular flexibility index (Phi) is 10.8. The van der Waals surface area contributed by atoms with Crippen LogP contribution in [-0.2, 0) is 41.7 Å². The van der Waals surface area contributed by atoms with Crippen LogP contribution in [0, 0.1) is 0 Å². The van der Waals surface area contributed by atoms with Crippen molar-refractivity contribution < 1.29 is 46.1 Å². The minimum Gasteiger partial charge on any atom is -0.475 e. The third-order valence-electron chi connectivity index (χ3n) is 6.83. The van der Waals surface area contributed by atoms with Crippen LogP contribution in [0.3, 0.4) is 0 Å². The second-order valence-electron chi connectivity index (χ2n) is 10.0. The van der Waals surface area contributed by atoms with Gasteiger partial charge in [-0.1, -0.05) is 36.4 Å². The Balaban J connectivity index is 0.000000289. The van der Waals surface area contributed by atoms with Gasteiger partial charge in [0.1, 0.15) is 0 Å². The van der Waals surface area contributed by atoms with Gasteiger partial charge in [0.25, 0.3) is 0 Å². The molecule has 0 unspecified atom stereocenters. The van der Waals surface area contributed by atoms with E-state index in [1.54, 1.807) is 0 Å². The van der Waals surface area contributed by atoms with Gasteiger partial charge in [-0.05, 0) is 42.9 Å². The number of rotatable bonds is 4. The molecule has 0 saturated carbocycles. The van der Waals surface area contributed by atoms with E-state index >= 15 is 0 Å². The largest absolute Gasteiger partial charge is 0.490 e. The maximum atomic E-state index is 10.6. The van der Waals surface area contributed by atoms with E-state index in [0.29, 0.717) is 0 Å². The Bertz CT molecular complexity index is 1280. The van der Waals surface area contributed by atoms with Crippen LogP contribution in [0.4, 0.5) is 26.3 Å². The lowest BCUT2D eigenvalue weighted by Crippen LogP contribution is -2.51. The van der Waals surface area contributed by atoms with Gasteiger partial charge >= 0.3 is 24.3 Å². The molecule has 1 fully saturated rings. The average Bonchev–Trinajstić information content (AvgIpc) is 3.55.